The molecule has 30 heavy (non-hydrogen) atoms. The molecule has 156 valence electrons. The van der Waals surface area contributed by atoms with Crippen molar-refractivity contribution in [3.63, 3.8) is 0 Å². The maximum Gasteiger partial charge on any atom is 0.272 e. The Morgan fingerprint density at radius 2 is 1.80 bits per heavy atom. The Morgan fingerprint density at radius 1 is 1.03 bits per heavy atom. The van der Waals surface area contributed by atoms with Crippen molar-refractivity contribution >= 4 is 17.5 Å². The molecule has 0 radical (unpaired) electrons. The number of hydrogen-bond acceptors (Lipinski definition) is 4. The third-order valence-electron chi connectivity index (χ3n) is 5.37. The third kappa shape index (κ3) is 5.08. The van der Waals surface area contributed by atoms with Crippen LogP contribution >= 0.6 is 11.6 Å². The van der Waals surface area contributed by atoms with E-state index in [0.717, 1.165) is 44.0 Å². The van der Waals surface area contributed by atoms with E-state index < -0.39 is 0 Å². The summed E-state index contributed by atoms with van der Waals surface area (Å²) < 4.78 is 1.62. The van der Waals surface area contributed by atoms with Gasteiger partial charge in [0, 0.05) is 45.5 Å². The number of benzene rings is 2. The first-order valence-corrected chi connectivity index (χ1v) is 10.5. The van der Waals surface area contributed by atoms with Gasteiger partial charge in [0.1, 0.15) is 0 Å². The van der Waals surface area contributed by atoms with Crippen LogP contribution in [0.3, 0.4) is 0 Å². The van der Waals surface area contributed by atoms with Crippen LogP contribution in [0, 0.1) is 0 Å². The van der Waals surface area contributed by atoms with Crippen molar-refractivity contribution in [3.8, 4) is 5.69 Å². The number of aromatic nitrogens is 2. The number of likely N-dealkylation sites (N-methyl/N-ethyl adjacent to an activating group) is 1. The van der Waals surface area contributed by atoms with E-state index in [2.05, 4.69) is 45.5 Å². The minimum atomic E-state index is -0.203. The van der Waals surface area contributed by atoms with Crippen molar-refractivity contribution in [2.45, 2.75) is 13.1 Å². The molecule has 2 aromatic carbocycles. The lowest BCUT2D eigenvalue weighted by atomic mass is 10.1. The zero-order valence-electron chi connectivity index (χ0n) is 17.1. The zero-order chi connectivity index (χ0) is 20.9. The maximum atomic E-state index is 12.5. The first-order valence-electron chi connectivity index (χ1n) is 10.2. The topological polar surface area (TPSA) is 53.4 Å². The number of rotatable bonds is 6. The van der Waals surface area contributed by atoms with Gasteiger partial charge in [-0.15, -0.1) is 0 Å². The lowest BCUT2D eigenvalue weighted by Gasteiger charge is -2.32. The second-order valence-corrected chi connectivity index (χ2v) is 8.09. The van der Waals surface area contributed by atoms with E-state index in [-0.39, 0.29) is 5.91 Å². The van der Waals surface area contributed by atoms with Crippen molar-refractivity contribution in [2.75, 3.05) is 33.2 Å². The van der Waals surface area contributed by atoms with Gasteiger partial charge >= 0.3 is 0 Å². The highest BCUT2D eigenvalue weighted by Crippen LogP contribution is 2.19. The highest BCUT2D eigenvalue weighted by molar-refractivity contribution is 6.32. The van der Waals surface area contributed by atoms with Crippen LogP contribution in [0.4, 0.5) is 0 Å². The second kappa shape index (κ2) is 9.43. The van der Waals surface area contributed by atoms with Gasteiger partial charge in [0.05, 0.1) is 10.7 Å². The predicted octanol–water partition coefficient (Wildman–Crippen LogP) is 3.20. The van der Waals surface area contributed by atoms with Crippen LogP contribution in [0.15, 0.2) is 60.8 Å². The van der Waals surface area contributed by atoms with Gasteiger partial charge in [-0.1, -0.05) is 48.0 Å². The number of carbonyl (C=O) groups excluding carboxylic acids is 1. The molecule has 3 aromatic rings. The summed E-state index contributed by atoms with van der Waals surface area (Å²) in [7, 11) is 2.16. The smallest absolute Gasteiger partial charge is 0.272 e. The number of para-hydroxylation sites is 1. The summed E-state index contributed by atoms with van der Waals surface area (Å²) in [5, 5.41) is 7.92. The second-order valence-electron chi connectivity index (χ2n) is 7.68. The third-order valence-corrected chi connectivity index (χ3v) is 5.69. The lowest BCUT2D eigenvalue weighted by Crippen LogP contribution is -2.43. The Morgan fingerprint density at radius 3 is 2.60 bits per heavy atom. The fourth-order valence-corrected chi connectivity index (χ4v) is 3.81. The normalized spacial score (nSPS) is 15.3. The number of nitrogens with zero attached hydrogens (tertiary/aromatic N) is 4. The number of hydrogen-bond donors (Lipinski definition) is 1. The fraction of sp³-hybridized carbons (Fsp3) is 0.304. The van der Waals surface area contributed by atoms with Gasteiger partial charge in [0.25, 0.3) is 5.91 Å². The molecule has 1 aliphatic heterocycles. The molecule has 0 aliphatic carbocycles. The maximum absolute atomic E-state index is 12.5. The molecule has 6 nitrogen and oxygen atoms in total. The van der Waals surface area contributed by atoms with E-state index in [9.17, 15) is 4.79 Å². The molecule has 1 saturated heterocycles. The summed E-state index contributed by atoms with van der Waals surface area (Å²) in [6.07, 6.45) is 1.74. The molecule has 0 spiro atoms. The summed E-state index contributed by atoms with van der Waals surface area (Å²) in [5.41, 5.74) is 3.47. The molecule has 0 saturated carbocycles. The highest BCUT2D eigenvalue weighted by atomic mass is 35.5. The van der Waals surface area contributed by atoms with Crippen LogP contribution in [-0.2, 0) is 13.1 Å². The van der Waals surface area contributed by atoms with E-state index in [1.165, 1.54) is 5.56 Å². The van der Waals surface area contributed by atoms with Crippen molar-refractivity contribution in [3.05, 3.63) is 82.6 Å². The van der Waals surface area contributed by atoms with Gasteiger partial charge in [-0.05, 0) is 36.4 Å². The molecule has 1 aliphatic rings. The minimum absolute atomic E-state index is 0.203. The molecular formula is C23H26ClN5O. The largest absolute Gasteiger partial charge is 0.347 e. The molecule has 0 atom stereocenters. The molecule has 1 amide bonds. The predicted molar refractivity (Wildman–Crippen MR) is 119 cm³/mol. The Bertz CT molecular complexity index is 1010. The van der Waals surface area contributed by atoms with E-state index in [4.69, 9.17) is 11.6 Å². The van der Waals surface area contributed by atoms with Crippen LogP contribution in [0.1, 0.15) is 21.6 Å². The summed E-state index contributed by atoms with van der Waals surface area (Å²) in [4.78, 5) is 17.4. The number of amides is 1. The van der Waals surface area contributed by atoms with Gasteiger partial charge in [0.2, 0.25) is 0 Å². The molecule has 0 unspecified atom stereocenters. The SMILES string of the molecule is CN1CCN(Cc2cccc(CNC(=O)c3ccn(-c4ccccc4Cl)n3)c2)CC1. The van der Waals surface area contributed by atoms with Crippen LogP contribution in [0.25, 0.3) is 5.69 Å². The van der Waals surface area contributed by atoms with Crippen molar-refractivity contribution in [1.29, 1.82) is 0 Å². The number of nitrogens with one attached hydrogen (secondary N) is 1. The van der Waals surface area contributed by atoms with E-state index in [0.29, 0.717) is 17.3 Å². The average Bonchev–Trinajstić information content (AvgIpc) is 3.24. The van der Waals surface area contributed by atoms with Crippen LogP contribution in [-0.4, -0.2) is 58.7 Å². The fourth-order valence-electron chi connectivity index (χ4n) is 3.59. The van der Waals surface area contributed by atoms with Crippen molar-refractivity contribution in [1.82, 2.24) is 24.9 Å². The first-order chi connectivity index (χ1) is 14.6. The molecule has 1 fully saturated rings. The van der Waals surface area contributed by atoms with Gasteiger partial charge in [-0.25, -0.2) is 4.68 Å². The summed E-state index contributed by atoms with van der Waals surface area (Å²) in [5.74, 6) is -0.203. The molecule has 4 rings (SSSR count). The molecule has 0 bridgehead atoms. The number of halogens is 1. The van der Waals surface area contributed by atoms with Gasteiger partial charge < -0.3 is 10.2 Å². The monoisotopic (exact) mass is 423 g/mol. The van der Waals surface area contributed by atoms with Crippen LogP contribution in [0.5, 0.6) is 0 Å². The van der Waals surface area contributed by atoms with Crippen molar-refractivity contribution < 1.29 is 4.79 Å². The number of carbonyl (C=O) groups is 1. The number of piperazine rings is 1. The van der Waals surface area contributed by atoms with Gasteiger partial charge in [0.15, 0.2) is 5.69 Å². The zero-order valence-corrected chi connectivity index (χ0v) is 17.8. The summed E-state index contributed by atoms with van der Waals surface area (Å²) in [6.45, 7) is 5.80. The Labute approximate surface area is 182 Å². The average molecular weight is 424 g/mol. The lowest BCUT2D eigenvalue weighted by molar-refractivity contribution is 0.0945. The van der Waals surface area contributed by atoms with Crippen LogP contribution < -0.4 is 5.32 Å². The molecule has 1 aromatic heterocycles. The van der Waals surface area contributed by atoms with Crippen LogP contribution in [0.2, 0.25) is 5.02 Å². The molecule has 2 heterocycles. The van der Waals surface area contributed by atoms with Crippen molar-refractivity contribution in [2.24, 2.45) is 0 Å². The molecule has 7 heteroatoms. The minimum Gasteiger partial charge on any atom is -0.347 e. The Hall–Kier alpha value is -2.67. The van der Waals surface area contributed by atoms with E-state index in [1.54, 1.807) is 23.0 Å². The standard InChI is InChI=1S/C23H26ClN5O/c1-27-11-13-28(14-12-27)17-19-6-4-5-18(15-19)16-25-23(30)21-9-10-29(26-21)22-8-3-2-7-20(22)24/h2-10,15H,11-14,16-17H2,1H3,(H,25,30). The molecule has 1 N–H and O–H groups in total. The quantitative estimate of drug-likeness (QED) is 0.661. The highest BCUT2D eigenvalue weighted by Gasteiger charge is 2.14. The van der Waals surface area contributed by atoms with E-state index in [1.807, 2.05) is 24.3 Å². The van der Waals surface area contributed by atoms with Gasteiger partial charge in [-0.3, -0.25) is 9.69 Å². The Balaban J connectivity index is 1.35. The summed E-state index contributed by atoms with van der Waals surface area (Å²) in [6, 6.07) is 17.5. The summed E-state index contributed by atoms with van der Waals surface area (Å²) >= 11 is 6.21. The first kappa shape index (κ1) is 20.6. The van der Waals surface area contributed by atoms with E-state index >= 15 is 0 Å². The molecular weight excluding hydrogens is 398 g/mol. The van der Waals surface area contributed by atoms with Gasteiger partial charge in [-0.2, -0.15) is 5.10 Å². The Kier molecular flexibility index (Phi) is 6.47.